The molecule has 0 bridgehead atoms. The third-order valence-electron chi connectivity index (χ3n) is 4.17. The summed E-state index contributed by atoms with van der Waals surface area (Å²) in [7, 11) is 0. The first-order chi connectivity index (χ1) is 9.40. The van der Waals surface area contributed by atoms with Gasteiger partial charge in [0.15, 0.2) is 0 Å². The van der Waals surface area contributed by atoms with E-state index in [0.717, 1.165) is 30.6 Å². The van der Waals surface area contributed by atoms with Crippen LogP contribution in [0.1, 0.15) is 74.1 Å². The van der Waals surface area contributed by atoms with Crippen molar-refractivity contribution in [2.75, 3.05) is 6.61 Å². The van der Waals surface area contributed by atoms with Gasteiger partial charge in [-0.2, -0.15) is 0 Å². The third kappa shape index (κ3) is 9.23. The largest absolute Gasteiger partial charge is 0.498 e. The van der Waals surface area contributed by atoms with Crippen LogP contribution in [0, 0.1) is 17.8 Å². The molecule has 1 heteroatoms. The van der Waals surface area contributed by atoms with Crippen molar-refractivity contribution in [3.8, 4) is 0 Å². The van der Waals surface area contributed by atoms with Gasteiger partial charge in [-0.3, -0.25) is 0 Å². The molecule has 0 aromatic heterocycles. The summed E-state index contributed by atoms with van der Waals surface area (Å²) in [5.74, 6) is 3.31. The van der Waals surface area contributed by atoms with Crippen LogP contribution >= 0.6 is 0 Å². The van der Waals surface area contributed by atoms with Crippen molar-refractivity contribution in [3.05, 3.63) is 23.5 Å². The Morgan fingerprint density at radius 1 is 1.10 bits per heavy atom. The minimum Gasteiger partial charge on any atom is -0.498 e. The summed E-state index contributed by atoms with van der Waals surface area (Å²) in [6, 6.07) is 0. The normalized spacial score (nSPS) is 16.4. The summed E-state index contributed by atoms with van der Waals surface area (Å²) in [5, 5.41) is 0. The van der Waals surface area contributed by atoms with E-state index in [0.29, 0.717) is 5.92 Å². The van der Waals surface area contributed by atoms with E-state index in [2.05, 4.69) is 60.6 Å². The average molecular weight is 280 g/mol. The van der Waals surface area contributed by atoms with Crippen molar-refractivity contribution in [2.45, 2.75) is 74.1 Å². The van der Waals surface area contributed by atoms with Gasteiger partial charge in [0.1, 0.15) is 0 Å². The van der Waals surface area contributed by atoms with Crippen LogP contribution in [-0.4, -0.2) is 6.61 Å². The molecule has 20 heavy (non-hydrogen) atoms. The predicted molar refractivity (Wildman–Crippen MR) is 90.8 cm³/mol. The molecule has 0 aromatic rings. The lowest BCUT2D eigenvalue weighted by atomic mass is 9.89. The highest BCUT2D eigenvalue weighted by Crippen LogP contribution is 2.22. The molecular formula is C19H36O. The monoisotopic (exact) mass is 280 g/mol. The molecule has 0 N–H and O–H groups in total. The first kappa shape index (κ1) is 19.3. The Labute approximate surface area is 127 Å². The van der Waals surface area contributed by atoms with Crippen LogP contribution < -0.4 is 0 Å². The topological polar surface area (TPSA) is 9.23 Å². The van der Waals surface area contributed by atoms with Gasteiger partial charge >= 0.3 is 0 Å². The summed E-state index contributed by atoms with van der Waals surface area (Å²) < 4.78 is 5.94. The van der Waals surface area contributed by atoms with Crippen LogP contribution in [0.25, 0.3) is 0 Å². The molecule has 0 saturated heterocycles. The smallest absolute Gasteiger partial charge is 0.0937 e. The Bertz CT molecular complexity index is 297. The van der Waals surface area contributed by atoms with Crippen molar-refractivity contribution < 1.29 is 4.74 Å². The Balaban J connectivity index is 3.98. The van der Waals surface area contributed by atoms with Gasteiger partial charge in [-0.15, -0.1) is 0 Å². The quantitative estimate of drug-likeness (QED) is 0.334. The van der Waals surface area contributed by atoms with E-state index in [1.54, 1.807) is 0 Å². The lowest BCUT2D eigenvalue weighted by Gasteiger charge is -2.19. The summed E-state index contributed by atoms with van der Waals surface area (Å²) in [4.78, 5) is 0. The molecule has 0 aliphatic rings. The van der Waals surface area contributed by atoms with Gasteiger partial charge < -0.3 is 4.74 Å². The zero-order valence-electron chi connectivity index (χ0n) is 14.8. The van der Waals surface area contributed by atoms with E-state index in [9.17, 15) is 0 Å². The second-order valence-electron chi connectivity index (χ2n) is 6.54. The van der Waals surface area contributed by atoms with Gasteiger partial charge in [0, 0.05) is 12.3 Å². The molecule has 0 aromatic carbocycles. The van der Waals surface area contributed by atoms with Gasteiger partial charge in [-0.25, -0.2) is 0 Å². The van der Waals surface area contributed by atoms with Crippen LogP contribution in [0.15, 0.2) is 23.5 Å². The zero-order chi connectivity index (χ0) is 15.5. The maximum absolute atomic E-state index is 5.94. The van der Waals surface area contributed by atoms with Gasteiger partial charge in [0.2, 0.25) is 0 Å². The molecule has 0 rings (SSSR count). The molecule has 0 heterocycles. The second-order valence-corrected chi connectivity index (χ2v) is 6.54. The summed E-state index contributed by atoms with van der Waals surface area (Å²) in [6.45, 7) is 16.4. The van der Waals surface area contributed by atoms with E-state index < -0.39 is 0 Å². The molecule has 1 nitrogen and oxygen atoms in total. The lowest BCUT2D eigenvalue weighted by molar-refractivity contribution is 0.176. The van der Waals surface area contributed by atoms with E-state index in [4.69, 9.17) is 4.74 Å². The molecule has 0 radical (unpaired) electrons. The minimum atomic E-state index is 0.494. The summed E-state index contributed by atoms with van der Waals surface area (Å²) in [5.41, 5.74) is 1.37. The molecular weight excluding hydrogens is 244 g/mol. The Hall–Kier alpha value is -0.720. The molecule has 0 aliphatic carbocycles. The third-order valence-corrected chi connectivity index (χ3v) is 4.17. The summed E-state index contributed by atoms with van der Waals surface area (Å²) in [6.07, 6.45) is 9.32. The molecule has 0 spiro atoms. The number of allylic oxidation sites excluding steroid dienone is 3. The standard InChI is InChI=1S/C19H36O/c1-8-17(6)18(7)11-10-12-19(9-2)20-14-16(5)13-15(3)4/h9,13,16-18H,8,10-12,14H2,1-7H3/b19-9+. The fourth-order valence-electron chi connectivity index (χ4n) is 2.44. The van der Waals surface area contributed by atoms with Crippen LogP contribution in [0.5, 0.6) is 0 Å². The zero-order valence-corrected chi connectivity index (χ0v) is 14.8. The first-order valence-electron chi connectivity index (χ1n) is 8.33. The highest BCUT2D eigenvalue weighted by atomic mass is 16.5. The van der Waals surface area contributed by atoms with Crippen molar-refractivity contribution in [2.24, 2.45) is 17.8 Å². The number of hydrogen-bond acceptors (Lipinski definition) is 1. The SMILES string of the molecule is C/C=C(\CCCC(C)C(C)CC)OCC(C)C=C(C)C. The second kappa shape index (κ2) is 11.0. The maximum atomic E-state index is 5.94. The number of rotatable bonds is 10. The van der Waals surface area contributed by atoms with Gasteiger partial charge in [-0.05, 0) is 45.1 Å². The fraction of sp³-hybridized carbons (Fsp3) is 0.789. The maximum Gasteiger partial charge on any atom is 0.0937 e. The minimum absolute atomic E-state index is 0.494. The van der Waals surface area contributed by atoms with Crippen LogP contribution in [0.4, 0.5) is 0 Å². The van der Waals surface area contributed by atoms with Crippen LogP contribution in [0.2, 0.25) is 0 Å². The van der Waals surface area contributed by atoms with Gasteiger partial charge in [0.25, 0.3) is 0 Å². The highest BCUT2D eigenvalue weighted by Gasteiger charge is 2.10. The predicted octanol–water partition coefficient (Wildman–Crippen LogP) is 6.36. The van der Waals surface area contributed by atoms with Crippen molar-refractivity contribution in [1.29, 1.82) is 0 Å². The first-order valence-corrected chi connectivity index (χ1v) is 8.33. The molecule has 0 amide bonds. The summed E-state index contributed by atoms with van der Waals surface area (Å²) >= 11 is 0. The average Bonchev–Trinajstić information content (AvgIpc) is 2.40. The molecule has 0 fully saturated rings. The lowest BCUT2D eigenvalue weighted by Crippen LogP contribution is -2.07. The van der Waals surface area contributed by atoms with Crippen molar-refractivity contribution in [3.63, 3.8) is 0 Å². The van der Waals surface area contributed by atoms with E-state index in [1.165, 1.54) is 24.8 Å². The van der Waals surface area contributed by atoms with Gasteiger partial charge in [-0.1, -0.05) is 52.2 Å². The Morgan fingerprint density at radius 3 is 2.25 bits per heavy atom. The molecule has 0 saturated carbocycles. The number of hydrogen-bond donors (Lipinski definition) is 0. The Morgan fingerprint density at radius 2 is 1.75 bits per heavy atom. The van der Waals surface area contributed by atoms with E-state index in [1.807, 2.05) is 0 Å². The van der Waals surface area contributed by atoms with Crippen molar-refractivity contribution >= 4 is 0 Å². The number of ether oxygens (including phenoxy) is 1. The molecule has 3 unspecified atom stereocenters. The Kier molecular flexibility index (Phi) is 10.6. The highest BCUT2D eigenvalue weighted by molar-refractivity contribution is 4.97. The molecule has 118 valence electrons. The molecule has 3 atom stereocenters. The van der Waals surface area contributed by atoms with Crippen LogP contribution in [0.3, 0.4) is 0 Å². The fourth-order valence-corrected chi connectivity index (χ4v) is 2.44. The van der Waals surface area contributed by atoms with Crippen LogP contribution in [-0.2, 0) is 4.74 Å². The van der Waals surface area contributed by atoms with Crippen molar-refractivity contribution in [1.82, 2.24) is 0 Å². The van der Waals surface area contributed by atoms with E-state index >= 15 is 0 Å². The van der Waals surface area contributed by atoms with E-state index in [-0.39, 0.29) is 0 Å². The molecule has 0 aliphatic heterocycles. The van der Waals surface area contributed by atoms with Gasteiger partial charge in [0.05, 0.1) is 12.4 Å².